The Hall–Kier alpha value is -0.700. The first kappa shape index (κ1) is 9.39. The zero-order chi connectivity index (χ0) is 9.14. The van der Waals surface area contributed by atoms with Crippen LogP contribution in [0, 0.1) is 18.8 Å². The van der Waals surface area contributed by atoms with Crippen LogP contribution in [0.5, 0.6) is 0 Å². The van der Waals surface area contributed by atoms with Crippen LogP contribution in [-0.4, -0.2) is 0 Å². The van der Waals surface area contributed by atoms with Crippen LogP contribution in [0.15, 0.2) is 21.8 Å². The van der Waals surface area contributed by atoms with Gasteiger partial charge in [0.05, 0.1) is 0 Å². The molecule has 0 saturated heterocycles. The average molecular weight is 228 g/mol. The highest BCUT2D eigenvalue weighted by Crippen LogP contribution is 2.20. The smallest absolute Gasteiger partial charge is 0.107 e. The summed E-state index contributed by atoms with van der Waals surface area (Å²) >= 11 is 3.39. The monoisotopic (exact) mass is 227 g/mol. The van der Waals surface area contributed by atoms with Crippen LogP contribution in [0.4, 0.5) is 0 Å². The highest BCUT2D eigenvalue weighted by Gasteiger charge is 2.03. The summed E-state index contributed by atoms with van der Waals surface area (Å²) in [4.78, 5) is 10.1. The Morgan fingerprint density at radius 1 is 1.33 bits per heavy atom. The van der Waals surface area contributed by atoms with Crippen LogP contribution in [-0.2, 0) is 6.54 Å². The van der Waals surface area contributed by atoms with Gasteiger partial charge in [0.15, 0.2) is 0 Å². The van der Waals surface area contributed by atoms with E-state index in [1.807, 2.05) is 26.0 Å². The lowest BCUT2D eigenvalue weighted by atomic mass is 10.0. The Bertz CT molecular complexity index is 286. The molecule has 2 nitrogen and oxygen atoms in total. The molecule has 0 amide bonds. The van der Waals surface area contributed by atoms with Crippen LogP contribution < -0.4 is 0 Å². The van der Waals surface area contributed by atoms with E-state index in [9.17, 15) is 4.91 Å². The Labute approximate surface area is 80.1 Å². The number of benzene rings is 1. The van der Waals surface area contributed by atoms with Crippen molar-refractivity contribution in [3.8, 4) is 0 Å². The van der Waals surface area contributed by atoms with Gasteiger partial charge < -0.3 is 0 Å². The van der Waals surface area contributed by atoms with E-state index in [1.54, 1.807) is 0 Å². The Kier molecular flexibility index (Phi) is 2.98. The summed E-state index contributed by atoms with van der Waals surface area (Å²) in [7, 11) is 0. The van der Waals surface area contributed by atoms with E-state index in [2.05, 4.69) is 21.1 Å². The molecule has 0 bridgehead atoms. The van der Waals surface area contributed by atoms with E-state index in [1.165, 1.54) is 0 Å². The van der Waals surface area contributed by atoms with Crippen molar-refractivity contribution in [2.75, 3.05) is 0 Å². The lowest BCUT2D eigenvalue weighted by Gasteiger charge is -2.06. The van der Waals surface area contributed by atoms with Gasteiger partial charge in [-0.05, 0) is 42.7 Å². The lowest BCUT2D eigenvalue weighted by molar-refractivity contribution is 1.01. The van der Waals surface area contributed by atoms with Gasteiger partial charge in [-0.15, -0.1) is 0 Å². The Balaban J connectivity index is 3.18. The van der Waals surface area contributed by atoms with Gasteiger partial charge >= 0.3 is 0 Å². The predicted molar refractivity (Wildman–Crippen MR) is 53.1 cm³/mol. The molecule has 1 aromatic rings. The Morgan fingerprint density at radius 2 is 1.83 bits per heavy atom. The molecule has 0 aromatic heterocycles. The zero-order valence-corrected chi connectivity index (χ0v) is 8.68. The largest absolute Gasteiger partial charge is 0.150 e. The second kappa shape index (κ2) is 3.81. The van der Waals surface area contributed by atoms with Crippen LogP contribution in [0.1, 0.15) is 16.7 Å². The molecule has 0 spiro atoms. The van der Waals surface area contributed by atoms with Crippen LogP contribution in [0.2, 0.25) is 0 Å². The van der Waals surface area contributed by atoms with Crippen molar-refractivity contribution in [3.63, 3.8) is 0 Å². The summed E-state index contributed by atoms with van der Waals surface area (Å²) in [5.41, 5.74) is 3.26. The van der Waals surface area contributed by atoms with Crippen molar-refractivity contribution in [3.05, 3.63) is 38.2 Å². The maximum absolute atomic E-state index is 10.1. The second-order valence-electron chi connectivity index (χ2n) is 2.81. The molecule has 0 atom stereocenters. The van der Waals surface area contributed by atoms with Crippen molar-refractivity contribution in [1.29, 1.82) is 0 Å². The number of hydrogen-bond donors (Lipinski definition) is 0. The number of nitroso groups, excluding NO2 is 1. The van der Waals surface area contributed by atoms with Gasteiger partial charge in [0, 0.05) is 4.47 Å². The van der Waals surface area contributed by atoms with Crippen molar-refractivity contribution >= 4 is 15.9 Å². The van der Waals surface area contributed by atoms with Crippen molar-refractivity contribution in [2.24, 2.45) is 5.18 Å². The van der Waals surface area contributed by atoms with E-state index in [0.29, 0.717) is 0 Å². The van der Waals surface area contributed by atoms with Crippen molar-refractivity contribution in [1.82, 2.24) is 0 Å². The fourth-order valence-corrected chi connectivity index (χ4v) is 1.94. The first-order chi connectivity index (χ1) is 5.65. The summed E-state index contributed by atoms with van der Waals surface area (Å²) < 4.78 is 1.05. The fraction of sp³-hybridized carbons (Fsp3) is 0.333. The van der Waals surface area contributed by atoms with E-state index in [0.717, 1.165) is 21.2 Å². The van der Waals surface area contributed by atoms with Gasteiger partial charge in [-0.2, -0.15) is 4.91 Å². The van der Waals surface area contributed by atoms with Gasteiger partial charge in [-0.25, -0.2) is 0 Å². The van der Waals surface area contributed by atoms with E-state index < -0.39 is 0 Å². The molecule has 1 aromatic carbocycles. The minimum atomic E-state index is 0.269. The highest BCUT2D eigenvalue weighted by atomic mass is 79.9. The third kappa shape index (κ3) is 1.91. The molecule has 12 heavy (non-hydrogen) atoms. The van der Waals surface area contributed by atoms with Gasteiger partial charge in [-0.1, -0.05) is 21.1 Å². The topological polar surface area (TPSA) is 29.4 Å². The number of aryl methyl sites for hydroxylation is 2. The molecule has 64 valence electrons. The minimum Gasteiger partial charge on any atom is -0.150 e. The number of halogens is 1. The maximum atomic E-state index is 10.1. The predicted octanol–water partition coefficient (Wildman–Crippen LogP) is 3.33. The summed E-state index contributed by atoms with van der Waals surface area (Å²) in [5.74, 6) is 0. The lowest BCUT2D eigenvalue weighted by Crippen LogP contribution is -1.91. The molecule has 0 unspecified atom stereocenters. The average Bonchev–Trinajstić information content (AvgIpc) is 1.96. The van der Waals surface area contributed by atoms with E-state index in [-0.39, 0.29) is 6.54 Å². The molecular formula is C9H10BrNO. The molecule has 0 N–H and O–H groups in total. The first-order valence-electron chi connectivity index (χ1n) is 3.70. The molecule has 3 heteroatoms. The van der Waals surface area contributed by atoms with E-state index >= 15 is 0 Å². The van der Waals surface area contributed by atoms with Crippen LogP contribution in [0.25, 0.3) is 0 Å². The normalized spacial score (nSPS) is 9.92. The van der Waals surface area contributed by atoms with Crippen molar-refractivity contribution < 1.29 is 0 Å². The highest BCUT2D eigenvalue weighted by molar-refractivity contribution is 9.10. The van der Waals surface area contributed by atoms with Gasteiger partial charge in [-0.3, -0.25) is 0 Å². The quantitative estimate of drug-likeness (QED) is 0.713. The molecule has 0 saturated carbocycles. The maximum Gasteiger partial charge on any atom is 0.107 e. The SMILES string of the molecule is Cc1cc(Br)cc(C)c1CN=O. The summed E-state index contributed by atoms with van der Waals surface area (Å²) in [6.07, 6.45) is 0. The molecule has 0 fully saturated rings. The van der Waals surface area contributed by atoms with Gasteiger partial charge in [0.1, 0.15) is 6.54 Å². The number of rotatable bonds is 2. The first-order valence-corrected chi connectivity index (χ1v) is 4.49. The second-order valence-corrected chi connectivity index (χ2v) is 3.72. The van der Waals surface area contributed by atoms with Gasteiger partial charge in [0.2, 0.25) is 0 Å². The molecule has 0 aliphatic rings. The van der Waals surface area contributed by atoms with Gasteiger partial charge in [0.25, 0.3) is 0 Å². The van der Waals surface area contributed by atoms with Crippen molar-refractivity contribution in [2.45, 2.75) is 20.4 Å². The molecule has 1 rings (SSSR count). The molecule has 0 aliphatic heterocycles. The van der Waals surface area contributed by atoms with Crippen LogP contribution >= 0.6 is 15.9 Å². The minimum absolute atomic E-state index is 0.269. The van der Waals surface area contributed by atoms with Crippen LogP contribution in [0.3, 0.4) is 0 Å². The fourth-order valence-electron chi connectivity index (χ4n) is 1.25. The Morgan fingerprint density at radius 3 is 2.25 bits per heavy atom. The summed E-state index contributed by atoms with van der Waals surface area (Å²) in [6, 6.07) is 3.99. The standard InChI is InChI=1S/C9H10BrNO/c1-6-3-8(10)4-7(2)9(6)5-11-12/h3-4H,5H2,1-2H3. The number of hydrogen-bond acceptors (Lipinski definition) is 2. The zero-order valence-electron chi connectivity index (χ0n) is 7.10. The molecule has 0 radical (unpaired) electrons. The molecule has 0 aliphatic carbocycles. The molecule has 0 heterocycles. The number of nitrogens with zero attached hydrogens (tertiary/aromatic N) is 1. The molecular weight excluding hydrogens is 218 g/mol. The third-order valence-electron chi connectivity index (χ3n) is 1.88. The third-order valence-corrected chi connectivity index (χ3v) is 2.34. The summed E-state index contributed by atoms with van der Waals surface area (Å²) in [5, 5.41) is 2.89. The summed E-state index contributed by atoms with van der Waals surface area (Å²) in [6.45, 7) is 4.24. The van der Waals surface area contributed by atoms with E-state index in [4.69, 9.17) is 0 Å².